The molecule has 0 saturated heterocycles. The quantitative estimate of drug-likeness (QED) is 0.327. The summed E-state index contributed by atoms with van der Waals surface area (Å²) in [5, 5.41) is 9.36. The van der Waals surface area contributed by atoms with E-state index in [0.717, 1.165) is 40.3 Å². The fraction of sp³-hybridized carbons (Fsp3) is 0.435. The zero-order chi connectivity index (χ0) is 24.4. The molecule has 0 radical (unpaired) electrons. The maximum absolute atomic E-state index is 11.1. The van der Waals surface area contributed by atoms with Crippen molar-refractivity contribution >= 4 is 69.7 Å². The molecule has 0 fully saturated rings. The van der Waals surface area contributed by atoms with Gasteiger partial charge in [0, 0.05) is 24.4 Å². The number of esters is 1. The largest absolute Gasteiger partial charge is 0.495 e. The smallest absolute Gasteiger partial charge is 0.309 e. The van der Waals surface area contributed by atoms with E-state index in [1.807, 2.05) is 58.9 Å². The highest BCUT2D eigenvalue weighted by atomic mass is 79.9. The lowest BCUT2D eigenvalue weighted by molar-refractivity contribution is -0.139. The molecule has 0 heterocycles. The van der Waals surface area contributed by atoms with Crippen LogP contribution in [0, 0.1) is 6.92 Å². The Balaban J connectivity index is 0.000000539. The van der Waals surface area contributed by atoms with Crippen LogP contribution in [-0.2, 0) is 21.4 Å². The second kappa shape index (κ2) is 14.7. The number of ether oxygens (including phenoxy) is 2. The molecule has 0 aliphatic rings. The zero-order valence-electron chi connectivity index (χ0n) is 18.9. The second-order valence-corrected chi connectivity index (χ2v) is 10.5. The molecule has 0 saturated carbocycles. The minimum absolute atomic E-state index is 0.0756. The lowest BCUT2D eigenvalue weighted by Gasteiger charge is -2.25. The number of halogens is 4. The molecule has 2 rings (SSSR count). The van der Waals surface area contributed by atoms with E-state index in [-0.39, 0.29) is 18.0 Å². The highest BCUT2D eigenvalue weighted by Gasteiger charge is 2.25. The Kier molecular flexibility index (Phi) is 14.5. The fourth-order valence-electron chi connectivity index (χ4n) is 2.47. The number of methoxy groups -OCH3 is 2. The van der Waals surface area contributed by atoms with Crippen LogP contribution in [0.4, 0.5) is 0 Å². The van der Waals surface area contributed by atoms with E-state index >= 15 is 0 Å². The average Bonchev–Trinajstić information content (AvgIpc) is 2.73. The molecule has 0 atom stereocenters. The van der Waals surface area contributed by atoms with Crippen molar-refractivity contribution in [3.05, 3.63) is 58.8 Å². The lowest BCUT2D eigenvalue weighted by Crippen LogP contribution is -2.23. The highest BCUT2D eigenvalue weighted by Crippen LogP contribution is 2.39. The minimum Gasteiger partial charge on any atom is -0.495 e. The van der Waals surface area contributed by atoms with Crippen molar-refractivity contribution in [2.45, 2.75) is 46.5 Å². The molecule has 0 aliphatic carbocycles. The molecule has 2 aromatic rings. The monoisotopic (exact) mass is 686 g/mol. The Bertz CT molecular complexity index is 867. The number of hydrogen-bond donors (Lipinski definition) is 1. The molecule has 0 aliphatic heterocycles. The second-order valence-electron chi connectivity index (χ2n) is 6.94. The average molecular weight is 690 g/mol. The normalized spacial score (nSPS) is 10.3. The molecule has 0 unspecified atom stereocenters. The number of carbonyl (C=O) groups is 1. The first-order valence-electron chi connectivity index (χ1n) is 9.62. The van der Waals surface area contributed by atoms with Gasteiger partial charge in [-0.3, -0.25) is 4.79 Å². The van der Waals surface area contributed by atoms with Gasteiger partial charge in [-0.1, -0.05) is 75.5 Å². The molecular formula is C23H30Br4O4. The maximum Gasteiger partial charge on any atom is 0.309 e. The molecule has 8 heteroatoms. The molecule has 1 N–H and O–H groups in total. The first-order valence-corrected chi connectivity index (χ1v) is 12.8. The van der Waals surface area contributed by atoms with Gasteiger partial charge in [-0.25, -0.2) is 0 Å². The number of benzene rings is 2. The van der Waals surface area contributed by atoms with Gasteiger partial charge in [0.25, 0.3) is 0 Å². The molecule has 4 nitrogen and oxygen atoms in total. The van der Waals surface area contributed by atoms with Gasteiger partial charge < -0.3 is 14.6 Å². The van der Waals surface area contributed by atoms with Crippen LogP contribution in [0.2, 0.25) is 0 Å². The molecule has 0 aromatic heterocycles. The molecule has 174 valence electrons. The third kappa shape index (κ3) is 9.54. The van der Waals surface area contributed by atoms with Crippen molar-refractivity contribution in [3.63, 3.8) is 0 Å². The first-order chi connectivity index (χ1) is 14.5. The zero-order valence-corrected chi connectivity index (χ0v) is 25.3. The molecule has 0 spiro atoms. The number of aliphatic hydroxyl groups excluding tert-OH is 1. The van der Waals surface area contributed by atoms with Gasteiger partial charge in [0.2, 0.25) is 0 Å². The van der Waals surface area contributed by atoms with Gasteiger partial charge in [-0.2, -0.15) is 0 Å². The van der Waals surface area contributed by atoms with Crippen molar-refractivity contribution in [2.24, 2.45) is 0 Å². The standard InChI is InChI=1S/C11H14Br2O2.C10H10Br2O2.C2H6/c1-11(2,6-14)8-4-7(12)5-9(13)10(8)15-3;1-6-7(4-10(13)14-2)3-8(11)5-9(6)12;1-2/h4-5,14H,6H2,1-3H3;3,5H,4H2,1-2H3;1-2H3. The number of rotatable bonds is 5. The summed E-state index contributed by atoms with van der Waals surface area (Å²) < 4.78 is 13.8. The van der Waals surface area contributed by atoms with Gasteiger partial charge in [0.1, 0.15) is 5.75 Å². The van der Waals surface area contributed by atoms with Gasteiger partial charge in [0.05, 0.1) is 31.7 Å². The van der Waals surface area contributed by atoms with Crippen LogP contribution in [0.15, 0.2) is 42.2 Å². The third-order valence-corrected chi connectivity index (χ3v) is 6.64. The van der Waals surface area contributed by atoms with E-state index in [1.54, 1.807) is 7.11 Å². The van der Waals surface area contributed by atoms with Crippen LogP contribution in [0.25, 0.3) is 0 Å². The van der Waals surface area contributed by atoms with E-state index in [1.165, 1.54) is 7.11 Å². The Morgan fingerprint density at radius 2 is 1.48 bits per heavy atom. The van der Waals surface area contributed by atoms with Crippen molar-refractivity contribution in [1.82, 2.24) is 0 Å². The summed E-state index contributed by atoms with van der Waals surface area (Å²) in [6.45, 7) is 9.99. The summed E-state index contributed by atoms with van der Waals surface area (Å²) in [5.41, 5.74) is 2.70. The summed E-state index contributed by atoms with van der Waals surface area (Å²) in [7, 11) is 3.02. The number of hydrogen-bond acceptors (Lipinski definition) is 4. The summed E-state index contributed by atoms with van der Waals surface area (Å²) in [6.07, 6.45) is 0.306. The van der Waals surface area contributed by atoms with Crippen molar-refractivity contribution in [2.75, 3.05) is 20.8 Å². The Morgan fingerprint density at radius 3 is 1.97 bits per heavy atom. The van der Waals surface area contributed by atoms with Crippen LogP contribution in [0.1, 0.15) is 44.4 Å². The first kappa shape index (κ1) is 30.6. The lowest BCUT2D eigenvalue weighted by atomic mass is 9.85. The van der Waals surface area contributed by atoms with Gasteiger partial charge >= 0.3 is 5.97 Å². The predicted molar refractivity (Wildman–Crippen MR) is 142 cm³/mol. The summed E-state index contributed by atoms with van der Waals surface area (Å²) in [5.74, 6) is 0.551. The number of aliphatic hydroxyl groups is 1. The van der Waals surface area contributed by atoms with Crippen LogP contribution < -0.4 is 4.74 Å². The Morgan fingerprint density at radius 1 is 0.968 bits per heavy atom. The van der Waals surface area contributed by atoms with Gasteiger partial charge in [-0.15, -0.1) is 0 Å². The highest BCUT2D eigenvalue weighted by molar-refractivity contribution is 9.11. The van der Waals surface area contributed by atoms with Crippen molar-refractivity contribution in [1.29, 1.82) is 0 Å². The van der Waals surface area contributed by atoms with E-state index in [2.05, 4.69) is 68.5 Å². The Labute approximate surface area is 219 Å². The summed E-state index contributed by atoms with van der Waals surface area (Å²) in [4.78, 5) is 11.1. The van der Waals surface area contributed by atoms with E-state index in [9.17, 15) is 9.90 Å². The maximum atomic E-state index is 11.1. The van der Waals surface area contributed by atoms with E-state index < -0.39 is 0 Å². The molecular weight excluding hydrogens is 660 g/mol. The SMILES string of the molecule is CC.COC(=O)Cc1cc(Br)cc(Br)c1C.COc1c(Br)cc(Br)cc1C(C)(C)CO. The minimum atomic E-state index is -0.322. The van der Waals surface area contributed by atoms with Crippen LogP contribution in [0.5, 0.6) is 5.75 Å². The van der Waals surface area contributed by atoms with Crippen molar-refractivity contribution in [3.8, 4) is 5.75 Å². The van der Waals surface area contributed by atoms with Gasteiger partial charge in [-0.05, 0) is 58.2 Å². The van der Waals surface area contributed by atoms with E-state index in [0.29, 0.717) is 6.42 Å². The predicted octanol–water partition coefficient (Wildman–Crippen LogP) is 7.75. The summed E-state index contributed by atoms with van der Waals surface area (Å²) >= 11 is 13.7. The van der Waals surface area contributed by atoms with Crippen molar-refractivity contribution < 1.29 is 19.4 Å². The molecule has 31 heavy (non-hydrogen) atoms. The summed E-state index contributed by atoms with van der Waals surface area (Å²) in [6, 6.07) is 7.78. The number of carbonyl (C=O) groups excluding carboxylic acids is 1. The van der Waals surface area contributed by atoms with Crippen LogP contribution >= 0.6 is 63.7 Å². The van der Waals surface area contributed by atoms with Crippen LogP contribution in [0.3, 0.4) is 0 Å². The van der Waals surface area contributed by atoms with Crippen LogP contribution in [-0.4, -0.2) is 31.9 Å². The topological polar surface area (TPSA) is 55.8 Å². The fourth-order valence-corrected chi connectivity index (χ4v) is 5.17. The third-order valence-electron chi connectivity index (χ3n) is 4.32. The molecule has 2 aromatic carbocycles. The Hall–Kier alpha value is -0.410. The van der Waals surface area contributed by atoms with E-state index in [4.69, 9.17) is 4.74 Å². The molecule has 0 amide bonds. The molecule has 0 bridgehead atoms. The van der Waals surface area contributed by atoms with Gasteiger partial charge in [0.15, 0.2) is 0 Å².